The fourth-order valence-corrected chi connectivity index (χ4v) is 1.16. The topological polar surface area (TPSA) is 56.1 Å². The van der Waals surface area contributed by atoms with E-state index in [2.05, 4.69) is 15.3 Å². The maximum atomic E-state index is 10.9. The van der Waals surface area contributed by atoms with Gasteiger partial charge in [-0.2, -0.15) is 9.89 Å². The van der Waals surface area contributed by atoms with Crippen LogP contribution in [0.3, 0.4) is 0 Å². The summed E-state index contributed by atoms with van der Waals surface area (Å²) in [7, 11) is 1.30. The first-order valence-corrected chi connectivity index (χ1v) is 4.09. The highest BCUT2D eigenvalue weighted by atomic mass is 16.5. The molecule has 1 heterocycles. The average Bonchev–Trinajstić information content (AvgIpc) is 2.59. The van der Waals surface area contributed by atoms with Crippen LogP contribution < -0.4 is 5.43 Å². The number of fused-ring (bicyclic) bond motifs is 1. The average molecular weight is 191 g/mol. The number of amides is 1. The Kier molecular flexibility index (Phi) is 2.06. The van der Waals surface area contributed by atoms with Gasteiger partial charge < -0.3 is 4.74 Å². The Morgan fingerprint density at radius 3 is 3.00 bits per heavy atom. The van der Waals surface area contributed by atoms with Crippen molar-refractivity contribution in [3.63, 3.8) is 0 Å². The normalized spacial score (nSPS) is 10.1. The Morgan fingerprint density at radius 2 is 2.29 bits per heavy atom. The number of carbonyl (C=O) groups excluding carboxylic acids is 1. The summed E-state index contributed by atoms with van der Waals surface area (Å²) in [6, 6.07) is 7.58. The molecular formula is C9H9N3O2. The van der Waals surface area contributed by atoms with Crippen molar-refractivity contribution in [2.45, 2.75) is 0 Å². The number of hydrogen-bond acceptors (Lipinski definition) is 3. The second-order valence-electron chi connectivity index (χ2n) is 2.74. The van der Waals surface area contributed by atoms with E-state index < -0.39 is 6.09 Å². The summed E-state index contributed by atoms with van der Waals surface area (Å²) in [5.74, 6) is 0. The van der Waals surface area contributed by atoms with Gasteiger partial charge in [0.1, 0.15) is 0 Å². The SMILES string of the molecule is COC(=O)Nn1cc2ccccc2n1. The number of carbonyl (C=O) groups is 1. The van der Waals surface area contributed by atoms with Crippen LogP contribution >= 0.6 is 0 Å². The van der Waals surface area contributed by atoms with Crippen molar-refractivity contribution >= 4 is 17.0 Å². The van der Waals surface area contributed by atoms with Gasteiger partial charge in [-0.3, -0.25) is 0 Å². The zero-order valence-electron chi connectivity index (χ0n) is 7.60. The molecule has 0 aliphatic rings. The number of methoxy groups -OCH3 is 1. The highest BCUT2D eigenvalue weighted by Crippen LogP contribution is 2.09. The lowest BCUT2D eigenvalue weighted by Crippen LogP contribution is -2.22. The van der Waals surface area contributed by atoms with Crippen LogP contribution in [-0.4, -0.2) is 23.1 Å². The number of aromatic nitrogens is 2. The predicted molar refractivity (Wildman–Crippen MR) is 51.5 cm³/mol. The lowest BCUT2D eigenvalue weighted by atomic mass is 10.3. The fraction of sp³-hybridized carbons (Fsp3) is 0.111. The maximum Gasteiger partial charge on any atom is 0.427 e. The van der Waals surface area contributed by atoms with E-state index >= 15 is 0 Å². The van der Waals surface area contributed by atoms with E-state index in [9.17, 15) is 4.79 Å². The van der Waals surface area contributed by atoms with Gasteiger partial charge in [0.05, 0.1) is 18.8 Å². The van der Waals surface area contributed by atoms with Crippen molar-refractivity contribution in [1.82, 2.24) is 9.89 Å². The third kappa shape index (κ3) is 1.52. The van der Waals surface area contributed by atoms with Crippen LogP contribution in [0.4, 0.5) is 4.79 Å². The molecule has 0 spiro atoms. The Bertz CT molecular complexity index is 431. The summed E-state index contributed by atoms with van der Waals surface area (Å²) in [6.45, 7) is 0. The number of nitrogens with one attached hydrogen (secondary N) is 1. The van der Waals surface area contributed by atoms with Gasteiger partial charge in [0.15, 0.2) is 0 Å². The predicted octanol–water partition coefficient (Wildman–Crippen LogP) is 1.35. The van der Waals surface area contributed by atoms with Crippen LogP contribution in [0.1, 0.15) is 0 Å². The molecule has 0 aliphatic heterocycles. The van der Waals surface area contributed by atoms with Gasteiger partial charge in [0.2, 0.25) is 0 Å². The number of rotatable bonds is 1. The molecule has 2 rings (SSSR count). The number of ether oxygens (including phenoxy) is 1. The molecule has 1 aromatic heterocycles. The van der Waals surface area contributed by atoms with Crippen LogP contribution in [0, 0.1) is 0 Å². The van der Waals surface area contributed by atoms with Crippen LogP contribution in [0.2, 0.25) is 0 Å². The first-order valence-electron chi connectivity index (χ1n) is 4.09. The zero-order valence-corrected chi connectivity index (χ0v) is 7.60. The minimum atomic E-state index is -0.544. The minimum Gasteiger partial charge on any atom is -0.452 e. The minimum absolute atomic E-state index is 0.544. The summed E-state index contributed by atoms with van der Waals surface area (Å²) in [4.78, 5) is 12.2. The Balaban J connectivity index is 2.31. The molecule has 1 aromatic carbocycles. The molecule has 72 valence electrons. The largest absolute Gasteiger partial charge is 0.452 e. The van der Waals surface area contributed by atoms with Gasteiger partial charge >= 0.3 is 6.09 Å². The molecule has 2 aromatic rings. The van der Waals surface area contributed by atoms with Crippen molar-refractivity contribution in [2.75, 3.05) is 12.5 Å². The molecule has 5 nitrogen and oxygen atoms in total. The second kappa shape index (κ2) is 3.37. The fourth-order valence-electron chi connectivity index (χ4n) is 1.16. The molecule has 0 saturated carbocycles. The van der Waals surface area contributed by atoms with Gasteiger partial charge in [0.25, 0.3) is 0 Å². The molecule has 0 saturated heterocycles. The van der Waals surface area contributed by atoms with Gasteiger partial charge in [-0.1, -0.05) is 18.2 Å². The van der Waals surface area contributed by atoms with Crippen molar-refractivity contribution in [3.8, 4) is 0 Å². The molecule has 0 fully saturated rings. The van der Waals surface area contributed by atoms with E-state index in [0.717, 1.165) is 10.9 Å². The van der Waals surface area contributed by atoms with Crippen LogP contribution in [0.25, 0.3) is 10.9 Å². The number of hydrogen-bond donors (Lipinski definition) is 1. The Morgan fingerprint density at radius 1 is 1.50 bits per heavy atom. The number of nitrogens with zero attached hydrogens (tertiary/aromatic N) is 2. The molecule has 0 unspecified atom stereocenters. The zero-order chi connectivity index (χ0) is 9.97. The quantitative estimate of drug-likeness (QED) is 0.740. The van der Waals surface area contributed by atoms with E-state index in [-0.39, 0.29) is 0 Å². The maximum absolute atomic E-state index is 10.9. The van der Waals surface area contributed by atoms with Crippen molar-refractivity contribution < 1.29 is 9.53 Å². The highest BCUT2D eigenvalue weighted by Gasteiger charge is 2.02. The second-order valence-corrected chi connectivity index (χ2v) is 2.74. The first kappa shape index (κ1) is 8.55. The molecule has 5 heteroatoms. The summed E-state index contributed by atoms with van der Waals surface area (Å²) in [5.41, 5.74) is 3.25. The van der Waals surface area contributed by atoms with Gasteiger partial charge in [0, 0.05) is 5.39 Å². The van der Waals surface area contributed by atoms with Crippen molar-refractivity contribution in [3.05, 3.63) is 30.5 Å². The Labute approximate surface area is 80.2 Å². The van der Waals surface area contributed by atoms with Crippen molar-refractivity contribution in [1.29, 1.82) is 0 Å². The standard InChI is InChI=1S/C9H9N3O2/c1-14-9(13)11-12-6-7-4-2-3-5-8(7)10-12/h2-6H,1H3,(H,11,13). The van der Waals surface area contributed by atoms with Gasteiger partial charge in [-0.25, -0.2) is 10.2 Å². The molecule has 0 aliphatic carbocycles. The first-order chi connectivity index (χ1) is 6.79. The summed E-state index contributed by atoms with van der Waals surface area (Å²) < 4.78 is 4.44. The molecular weight excluding hydrogens is 182 g/mol. The molecule has 14 heavy (non-hydrogen) atoms. The van der Waals surface area contributed by atoms with E-state index in [4.69, 9.17) is 0 Å². The van der Waals surface area contributed by atoms with E-state index in [1.54, 1.807) is 6.20 Å². The van der Waals surface area contributed by atoms with Crippen molar-refractivity contribution in [2.24, 2.45) is 0 Å². The lowest BCUT2D eigenvalue weighted by Gasteiger charge is -2.00. The smallest absolute Gasteiger partial charge is 0.427 e. The highest BCUT2D eigenvalue weighted by molar-refractivity contribution is 5.80. The molecule has 0 bridgehead atoms. The summed E-state index contributed by atoms with van der Waals surface area (Å²) in [5, 5.41) is 5.07. The summed E-state index contributed by atoms with van der Waals surface area (Å²) in [6.07, 6.45) is 1.17. The number of benzene rings is 1. The van der Waals surface area contributed by atoms with Crippen LogP contribution in [-0.2, 0) is 4.74 Å². The summed E-state index contributed by atoms with van der Waals surface area (Å²) >= 11 is 0. The lowest BCUT2D eigenvalue weighted by molar-refractivity contribution is 0.182. The molecule has 0 atom stereocenters. The van der Waals surface area contributed by atoms with E-state index in [0.29, 0.717) is 0 Å². The monoisotopic (exact) mass is 191 g/mol. The van der Waals surface area contributed by atoms with Crippen LogP contribution in [0.15, 0.2) is 30.5 Å². The van der Waals surface area contributed by atoms with Gasteiger partial charge in [-0.05, 0) is 6.07 Å². The molecule has 0 radical (unpaired) electrons. The Hall–Kier alpha value is -2.04. The van der Waals surface area contributed by atoms with Crippen LogP contribution in [0.5, 0.6) is 0 Å². The van der Waals surface area contributed by atoms with Gasteiger partial charge in [-0.15, -0.1) is 0 Å². The molecule has 1 N–H and O–H groups in total. The van der Waals surface area contributed by atoms with E-state index in [1.165, 1.54) is 11.9 Å². The molecule has 1 amide bonds. The third-order valence-electron chi connectivity index (χ3n) is 1.80. The van der Waals surface area contributed by atoms with E-state index in [1.807, 2.05) is 24.3 Å². The third-order valence-corrected chi connectivity index (χ3v) is 1.80.